The normalized spacial score (nSPS) is 27.1. The molecule has 0 aromatic heterocycles. The largest absolute Gasteiger partial charge is 0.480 e. The highest BCUT2D eigenvalue weighted by Gasteiger charge is 2.65. The van der Waals surface area contributed by atoms with E-state index in [1.54, 1.807) is 48.5 Å². The molecule has 6 aliphatic heterocycles. The Morgan fingerprint density at radius 1 is 0.628 bits per heavy atom. The maximum Gasteiger partial charge on any atom is 0.446 e. The highest BCUT2D eigenvalue weighted by atomic mass is 19.4. The van der Waals surface area contributed by atoms with Crippen molar-refractivity contribution >= 4 is 54.0 Å². The van der Waals surface area contributed by atoms with Crippen molar-refractivity contribution in [2.24, 2.45) is 11.8 Å². The maximum absolute atomic E-state index is 13.1. The fraction of sp³-hybridized carbons (Fsp3) is 0.827. The number of nitrogens with one attached hydrogen (secondary N) is 3. The van der Waals surface area contributed by atoms with Crippen molar-refractivity contribution in [3.8, 4) is 0 Å². The molecule has 26 heteroatoms. The molecule has 0 aromatic rings. The third-order valence-electron chi connectivity index (χ3n) is 15.6. The van der Waals surface area contributed by atoms with Crippen LogP contribution >= 0.6 is 0 Å². The predicted molar refractivity (Wildman–Crippen MR) is 272 cm³/mol. The molecule has 2 aliphatic carbocycles. The third-order valence-corrected chi connectivity index (χ3v) is 15.6. The number of β-lactam (4-membered cyclic amide) rings is 3. The Hall–Kier alpha value is -5.34. The zero-order chi connectivity index (χ0) is 58.5. The van der Waals surface area contributed by atoms with Crippen molar-refractivity contribution < 1.29 is 86.2 Å². The van der Waals surface area contributed by atoms with E-state index in [4.69, 9.17) is 14.3 Å². The molecule has 8 aliphatic rings. The molecular formula is C52H83F3N8O15. The first-order valence-electron chi connectivity index (χ1n) is 27.2. The van der Waals surface area contributed by atoms with Gasteiger partial charge in [-0.05, 0) is 145 Å². The van der Waals surface area contributed by atoms with Gasteiger partial charge >= 0.3 is 24.3 Å². The van der Waals surface area contributed by atoms with Gasteiger partial charge in [-0.3, -0.25) is 38.6 Å². The molecule has 3 unspecified atom stereocenters. The second-order valence-corrected chi connectivity index (χ2v) is 24.1. The van der Waals surface area contributed by atoms with E-state index < -0.39 is 101 Å². The van der Waals surface area contributed by atoms with Crippen LogP contribution in [-0.4, -0.2) is 222 Å². The Kier molecular flexibility index (Phi) is 20.3. The summed E-state index contributed by atoms with van der Waals surface area (Å²) >= 11 is 0. The van der Waals surface area contributed by atoms with E-state index in [9.17, 15) is 72.0 Å². The number of hydrogen-bond acceptors (Lipinski definition) is 15. The molecular weight excluding hydrogens is 1030 g/mol. The van der Waals surface area contributed by atoms with Gasteiger partial charge < -0.3 is 60.5 Å². The molecule has 2 saturated carbocycles. The number of likely N-dealkylation sites (tertiary alicyclic amines) is 5. The van der Waals surface area contributed by atoms with Crippen LogP contribution in [0, 0.1) is 11.8 Å². The van der Waals surface area contributed by atoms with Gasteiger partial charge in [-0.1, -0.05) is 12.8 Å². The van der Waals surface area contributed by atoms with Crippen LogP contribution in [0.3, 0.4) is 0 Å². The smallest absolute Gasteiger partial charge is 0.446 e. The van der Waals surface area contributed by atoms with Crippen LogP contribution in [-0.2, 0) is 43.0 Å². The van der Waals surface area contributed by atoms with Crippen LogP contribution in [0.1, 0.15) is 139 Å². The summed E-state index contributed by atoms with van der Waals surface area (Å²) in [5.74, 6) is -1.50. The Bertz CT molecular complexity index is 2210. The first-order valence-corrected chi connectivity index (χ1v) is 27.2. The second kappa shape index (κ2) is 25.0. The number of hydrogen-bond donors (Lipinski definition) is 7. The van der Waals surface area contributed by atoms with Crippen molar-refractivity contribution in [2.45, 2.75) is 210 Å². The first-order chi connectivity index (χ1) is 36.1. The molecule has 6 saturated heterocycles. The number of nitrogens with zero attached hydrogens (tertiary/aromatic N) is 5. The van der Waals surface area contributed by atoms with Gasteiger partial charge in [0.1, 0.15) is 39.9 Å². The van der Waals surface area contributed by atoms with Gasteiger partial charge in [-0.25, -0.2) is 14.4 Å². The van der Waals surface area contributed by atoms with Crippen LogP contribution in [0.5, 0.6) is 0 Å². The van der Waals surface area contributed by atoms with E-state index in [0.717, 1.165) is 50.0 Å². The molecule has 0 aromatic carbocycles. The first kappa shape index (κ1) is 63.5. The summed E-state index contributed by atoms with van der Waals surface area (Å²) in [6, 6.07) is -2.99. The van der Waals surface area contributed by atoms with Gasteiger partial charge in [0, 0.05) is 32.7 Å². The van der Waals surface area contributed by atoms with Crippen molar-refractivity contribution in [3.05, 3.63) is 0 Å². The summed E-state index contributed by atoms with van der Waals surface area (Å²) in [5, 5.41) is 47.9. The molecule has 3 spiro atoms. The molecule has 8 fully saturated rings. The van der Waals surface area contributed by atoms with Crippen LogP contribution in [0.25, 0.3) is 0 Å². The summed E-state index contributed by atoms with van der Waals surface area (Å²) < 4.78 is 42.1. The highest BCUT2D eigenvalue weighted by Crippen LogP contribution is 2.43. The SMILES string of the molecule is C[C@@H](O)[C@@H](C(=O)NCC1CCC1)N1CC2(CCCN2)C1=O.C[C@@H](O)[C@@H](C(=O)NCC1CCC1)N1CC2(CCCN2C(=O)OC(C)(C)C)C1=O.C[C@@H](O)[C@@H](C(=O)O)N1CC2(CCCN2C(=O)OC(C)(C)C)C1=O.O=CC(F)(F)F. The van der Waals surface area contributed by atoms with Gasteiger partial charge in [0.25, 0.3) is 11.8 Å². The number of carboxylic acids is 1. The lowest BCUT2D eigenvalue weighted by atomic mass is 9.83. The Morgan fingerprint density at radius 2 is 1.00 bits per heavy atom. The van der Waals surface area contributed by atoms with E-state index in [1.807, 2.05) is 0 Å². The number of carboxylic acid groups (broad SMARTS) is 1. The lowest BCUT2D eigenvalue weighted by Crippen LogP contribution is -2.77. The number of carbonyl (C=O) groups is 9. The topological polar surface area (TPSA) is 305 Å². The maximum atomic E-state index is 13.1. The number of halogens is 3. The Labute approximate surface area is 453 Å². The summed E-state index contributed by atoms with van der Waals surface area (Å²) in [6.07, 6.45) is 1.40. The number of aliphatic hydroxyl groups is 3. The Morgan fingerprint density at radius 3 is 1.27 bits per heavy atom. The minimum absolute atomic E-state index is 0.0373. The molecule has 442 valence electrons. The third kappa shape index (κ3) is 14.5. The van der Waals surface area contributed by atoms with Gasteiger partial charge in [-0.2, -0.15) is 13.2 Å². The summed E-state index contributed by atoms with van der Waals surface area (Å²) in [5.41, 5.74) is -3.73. The van der Waals surface area contributed by atoms with Crippen LogP contribution in [0.15, 0.2) is 0 Å². The molecule has 9 atom stereocenters. The number of aliphatic hydroxyl groups excluding tert-OH is 3. The highest BCUT2D eigenvalue weighted by molar-refractivity contribution is 6.01. The van der Waals surface area contributed by atoms with Crippen LogP contribution in [0.2, 0.25) is 0 Å². The monoisotopic (exact) mass is 1120 g/mol. The number of ether oxygens (including phenoxy) is 2. The standard InChI is InChI=1S/C20H33N3O5.C15H25N3O3.C15H24N2O6.C2HF3O/c1-13(24)15(16(25)21-11-14-7-5-8-14)22-12-20(17(22)26)9-6-10-23(20)18(27)28-19(2,3)4;1-10(19)12(13(20)16-8-11-4-2-5-11)18-9-15(14(18)21)6-3-7-17-15;1-9(18)10(11(19)20)16-8-15(12(16)21)6-5-7-17(15)13(22)23-14(2,3)4;3-2(4,5)1-6/h13-15,24H,5-12H2,1-4H3,(H,21,25);10-12,17,19H,2-9H2,1H3,(H,16,20);9-10,18H,5-8H2,1-4H3,(H,19,20);1H/t13-,15+,20?;10-,12+,15?;9-,10+,15?;/m111./s1. The predicted octanol–water partition coefficient (Wildman–Crippen LogP) is 2.06. The van der Waals surface area contributed by atoms with Crippen LogP contribution < -0.4 is 16.0 Å². The Balaban J connectivity index is 0.000000206. The fourth-order valence-electron chi connectivity index (χ4n) is 11.2. The summed E-state index contributed by atoms with van der Waals surface area (Å²) in [6.45, 7) is 18.9. The van der Waals surface area contributed by atoms with Crippen molar-refractivity contribution in [2.75, 3.05) is 52.4 Å². The molecule has 0 radical (unpaired) electrons. The molecule has 6 heterocycles. The number of aliphatic carboxylic acids is 1. The molecule has 8 rings (SSSR count). The average Bonchev–Trinajstić information content (AvgIpc) is 4.08. The number of rotatable bonds is 13. The van der Waals surface area contributed by atoms with E-state index in [-0.39, 0.29) is 36.7 Å². The minimum atomic E-state index is -4.64. The number of amides is 7. The van der Waals surface area contributed by atoms with E-state index in [1.165, 1.54) is 46.3 Å². The fourth-order valence-corrected chi connectivity index (χ4v) is 11.2. The number of aldehydes is 1. The quantitative estimate of drug-likeness (QED) is 0.103. The zero-order valence-corrected chi connectivity index (χ0v) is 46.5. The van der Waals surface area contributed by atoms with E-state index in [0.29, 0.717) is 70.2 Å². The lowest BCUT2D eigenvalue weighted by Gasteiger charge is -2.53. The van der Waals surface area contributed by atoms with Crippen molar-refractivity contribution in [3.63, 3.8) is 0 Å². The molecule has 78 heavy (non-hydrogen) atoms. The average molecular weight is 1120 g/mol. The van der Waals surface area contributed by atoms with Crippen molar-refractivity contribution in [1.29, 1.82) is 0 Å². The van der Waals surface area contributed by atoms with E-state index >= 15 is 0 Å². The van der Waals surface area contributed by atoms with Gasteiger partial charge in [0.05, 0.1) is 31.4 Å². The minimum Gasteiger partial charge on any atom is -0.480 e. The van der Waals surface area contributed by atoms with Gasteiger partial charge in [0.2, 0.25) is 24.0 Å². The molecule has 7 N–H and O–H groups in total. The van der Waals surface area contributed by atoms with E-state index in [2.05, 4.69) is 16.0 Å². The zero-order valence-electron chi connectivity index (χ0n) is 46.5. The molecule has 23 nitrogen and oxygen atoms in total. The van der Waals surface area contributed by atoms with Crippen molar-refractivity contribution in [1.82, 2.24) is 40.4 Å². The van der Waals surface area contributed by atoms with Gasteiger partial charge in [0.15, 0.2) is 6.04 Å². The summed E-state index contributed by atoms with van der Waals surface area (Å²) in [7, 11) is 0. The van der Waals surface area contributed by atoms with Crippen LogP contribution in [0.4, 0.5) is 22.8 Å². The molecule has 7 amide bonds. The number of carbonyl (C=O) groups excluding carboxylic acids is 8. The summed E-state index contributed by atoms with van der Waals surface area (Å²) in [4.78, 5) is 115. The van der Waals surface area contributed by atoms with Gasteiger partial charge in [-0.15, -0.1) is 0 Å². The number of alkyl halides is 3. The molecule has 0 bridgehead atoms. The second-order valence-electron chi connectivity index (χ2n) is 24.1. The lowest BCUT2D eigenvalue weighted by molar-refractivity contribution is -0.176.